The maximum Gasteiger partial charge on any atom is 0.417 e. The minimum Gasteiger partial charge on any atom is -0.348 e. The second-order valence-corrected chi connectivity index (χ2v) is 3.49. The fourth-order valence-corrected chi connectivity index (χ4v) is 1.54. The normalized spacial score (nSPS) is 22.3. The van der Waals surface area contributed by atoms with E-state index in [1.54, 1.807) is 6.92 Å². The highest BCUT2D eigenvalue weighted by molar-refractivity contribution is 4.69. The Morgan fingerprint density at radius 1 is 1.21 bits per heavy atom. The second kappa shape index (κ2) is 4.98. The highest BCUT2D eigenvalue weighted by Crippen LogP contribution is 2.21. The number of ether oxygens (including phenoxy) is 1. The lowest BCUT2D eigenvalue weighted by atomic mass is 10.1. The smallest absolute Gasteiger partial charge is 0.348 e. The van der Waals surface area contributed by atoms with Gasteiger partial charge in [0.15, 0.2) is 6.61 Å². The van der Waals surface area contributed by atoms with Crippen molar-refractivity contribution in [3.05, 3.63) is 6.61 Å². The van der Waals surface area contributed by atoms with E-state index in [4.69, 9.17) is 0 Å². The van der Waals surface area contributed by atoms with E-state index in [0.29, 0.717) is 0 Å². The number of rotatable bonds is 3. The van der Waals surface area contributed by atoms with Gasteiger partial charge in [-0.25, -0.2) is 0 Å². The van der Waals surface area contributed by atoms with Gasteiger partial charge in [-0.1, -0.05) is 6.42 Å². The number of piperidine rings is 1. The molecule has 2 nitrogen and oxygen atoms in total. The van der Waals surface area contributed by atoms with Crippen LogP contribution in [0.1, 0.15) is 26.2 Å². The minimum absolute atomic E-state index is 0.0354. The molecule has 1 heterocycles. The van der Waals surface area contributed by atoms with Crippen molar-refractivity contribution in [3.8, 4) is 0 Å². The van der Waals surface area contributed by atoms with Gasteiger partial charge in [-0.15, -0.1) is 0 Å². The molecule has 1 fully saturated rings. The Kier molecular flexibility index (Phi) is 4.19. The maximum absolute atomic E-state index is 11.8. The van der Waals surface area contributed by atoms with Crippen LogP contribution >= 0.6 is 0 Å². The molecule has 1 radical (unpaired) electrons. The molecule has 1 atom stereocenters. The second-order valence-electron chi connectivity index (χ2n) is 3.49. The first-order chi connectivity index (χ1) is 6.49. The summed E-state index contributed by atoms with van der Waals surface area (Å²) < 4.78 is 40.0. The van der Waals surface area contributed by atoms with Gasteiger partial charge < -0.3 is 4.74 Å². The van der Waals surface area contributed by atoms with Gasteiger partial charge in [-0.3, -0.25) is 4.90 Å². The summed E-state index contributed by atoms with van der Waals surface area (Å²) in [6.45, 7) is 3.26. The summed E-state index contributed by atoms with van der Waals surface area (Å²) in [5, 5.41) is 0. The molecule has 0 aliphatic carbocycles. The van der Waals surface area contributed by atoms with Crippen LogP contribution in [0.3, 0.4) is 0 Å². The van der Waals surface area contributed by atoms with Gasteiger partial charge in [0.1, 0.15) is 6.23 Å². The summed E-state index contributed by atoms with van der Waals surface area (Å²) in [4.78, 5) is 1.92. The molecule has 14 heavy (non-hydrogen) atoms. The average molecular weight is 210 g/mol. The van der Waals surface area contributed by atoms with Crippen LogP contribution in [-0.4, -0.2) is 30.4 Å². The molecule has 0 aromatic heterocycles. The lowest BCUT2D eigenvalue weighted by molar-refractivity contribution is -0.163. The van der Waals surface area contributed by atoms with Crippen LogP contribution in [0, 0.1) is 6.61 Å². The molecule has 1 aliphatic heterocycles. The molecule has 0 aromatic rings. The van der Waals surface area contributed by atoms with Crippen LogP contribution in [0.4, 0.5) is 13.2 Å². The summed E-state index contributed by atoms with van der Waals surface area (Å²) in [7, 11) is 0. The van der Waals surface area contributed by atoms with Crippen LogP contribution in [0.2, 0.25) is 0 Å². The largest absolute Gasteiger partial charge is 0.417 e. The first-order valence-corrected chi connectivity index (χ1v) is 4.80. The fourth-order valence-electron chi connectivity index (χ4n) is 1.54. The number of hydrogen-bond donors (Lipinski definition) is 0. The average Bonchev–Trinajstić information content (AvgIpc) is 2.14. The molecule has 0 N–H and O–H groups in total. The lowest BCUT2D eigenvalue weighted by Crippen LogP contribution is -2.39. The zero-order valence-electron chi connectivity index (χ0n) is 8.18. The molecule has 0 saturated carbocycles. The highest BCUT2D eigenvalue weighted by Gasteiger charge is 2.30. The van der Waals surface area contributed by atoms with E-state index >= 15 is 0 Å². The fraction of sp³-hybridized carbons (Fsp3) is 0.889. The molecule has 0 aromatic carbocycles. The topological polar surface area (TPSA) is 12.5 Å². The van der Waals surface area contributed by atoms with Crippen LogP contribution in [-0.2, 0) is 4.74 Å². The minimum atomic E-state index is -4.34. The van der Waals surface area contributed by atoms with Gasteiger partial charge >= 0.3 is 6.18 Å². The third kappa shape index (κ3) is 4.28. The Balaban J connectivity index is 2.23. The third-order valence-electron chi connectivity index (χ3n) is 2.30. The van der Waals surface area contributed by atoms with Gasteiger partial charge in [0.2, 0.25) is 0 Å². The van der Waals surface area contributed by atoms with Crippen molar-refractivity contribution in [1.82, 2.24) is 4.90 Å². The summed E-state index contributed by atoms with van der Waals surface area (Å²) >= 11 is 0. The summed E-state index contributed by atoms with van der Waals surface area (Å²) in [6, 6.07) is 0. The number of likely N-dealkylation sites (tertiary alicyclic amines) is 1. The predicted octanol–water partition coefficient (Wildman–Crippen LogP) is 2.56. The van der Waals surface area contributed by atoms with Gasteiger partial charge in [0, 0.05) is 13.1 Å². The van der Waals surface area contributed by atoms with E-state index in [1.165, 1.54) is 0 Å². The van der Waals surface area contributed by atoms with Gasteiger partial charge in [0.25, 0.3) is 0 Å². The number of halogens is 3. The lowest BCUT2D eigenvalue weighted by Gasteiger charge is -2.31. The molecule has 1 rings (SSSR count). The Morgan fingerprint density at radius 2 is 1.79 bits per heavy atom. The first-order valence-electron chi connectivity index (χ1n) is 4.80. The summed E-state index contributed by atoms with van der Waals surface area (Å²) in [6.07, 6.45) is -1.58. The van der Waals surface area contributed by atoms with Crippen LogP contribution < -0.4 is 0 Å². The summed E-state index contributed by atoms with van der Waals surface area (Å²) in [5.74, 6) is 0. The Hall–Kier alpha value is -0.290. The first kappa shape index (κ1) is 11.8. The van der Waals surface area contributed by atoms with Crippen LogP contribution in [0.25, 0.3) is 0 Å². The SMILES string of the molecule is CC(O[CH]C(F)(F)F)N1CCCCC1. The van der Waals surface area contributed by atoms with E-state index < -0.39 is 12.4 Å². The van der Waals surface area contributed by atoms with Crippen molar-refractivity contribution in [2.75, 3.05) is 13.1 Å². The Bertz CT molecular complexity index is 166. The van der Waals surface area contributed by atoms with Gasteiger partial charge in [-0.2, -0.15) is 13.2 Å². The number of nitrogens with zero attached hydrogens (tertiary/aromatic N) is 1. The zero-order valence-corrected chi connectivity index (χ0v) is 8.18. The van der Waals surface area contributed by atoms with E-state index in [1.807, 2.05) is 4.90 Å². The molecule has 1 aliphatic rings. The van der Waals surface area contributed by atoms with E-state index in [9.17, 15) is 13.2 Å². The Morgan fingerprint density at radius 3 is 2.29 bits per heavy atom. The van der Waals surface area contributed by atoms with Crippen molar-refractivity contribution in [1.29, 1.82) is 0 Å². The summed E-state index contributed by atoms with van der Waals surface area (Å²) in [5.41, 5.74) is 0. The molecule has 83 valence electrons. The molecule has 0 amide bonds. The highest BCUT2D eigenvalue weighted by atomic mass is 19.4. The third-order valence-corrected chi connectivity index (χ3v) is 2.30. The van der Waals surface area contributed by atoms with Crippen molar-refractivity contribution in [2.45, 2.75) is 38.6 Å². The van der Waals surface area contributed by atoms with E-state index in [0.717, 1.165) is 32.4 Å². The van der Waals surface area contributed by atoms with E-state index in [2.05, 4.69) is 4.74 Å². The van der Waals surface area contributed by atoms with Crippen molar-refractivity contribution in [3.63, 3.8) is 0 Å². The molecular weight excluding hydrogens is 195 g/mol. The molecule has 5 heteroatoms. The van der Waals surface area contributed by atoms with Crippen LogP contribution in [0.5, 0.6) is 0 Å². The van der Waals surface area contributed by atoms with Crippen LogP contribution in [0.15, 0.2) is 0 Å². The Labute approximate surface area is 82.0 Å². The maximum atomic E-state index is 11.8. The van der Waals surface area contributed by atoms with Crippen molar-refractivity contribution >= 4 is 0 Å². The monoisotopic (exact) mass is 210 g/mol. The van der Waals surface area contributed by atoms with Crippen molar-refractivity contribution in [2.24, 2.45) is 0 Å². The zero-order chi connectivity index (χ0) is 10.6. The molecule has 1 saturated heterocycles. The van der Waals surface area contributed by atoms with E-state index in [-0.39, 0.29) is 6.61 Å². The molecular formula is C9H15F3NO. The molecule has 0 bridgehead atoms. The van der Waals surface area contributed by atoms with Crippen molar-refractivity contribution < 1.29 is 17.9 Å². The van der Waals surface area contributed by atoms with Gasteiger partial charge in [0.05, 0.1) is 0 Å². The predicted molar refractivity (Wildman–Crippen MR) is 46.3 cm³/mol. The quantitative estimate of drug-likeness (QED) is 0.709. The standard InChI is InChI=1S/C9H15F3NO/c1-8(14-7-9(10,11)12)13-5-3-2-4-6-13/h7-8H,2-6H2,1H3. The van der Waals surface area contributed by atoms with Gasteiger partial charge in [-0.05, 0) is 19.8 Å². The number of alkyl halides is 3. The number of hydrogen-bond acceptors (Lipinski definition) is 2. The molecule has 1 unspecified atom stereocenters. The molecule has 0 spiro atoms.